The van der Waals surface area contributed by atoms with Gasteiger partial charge in [0.1, 0.15) is 5.82 Å². The van der Waals surface area contributed by atoms with Crippen molar-refractivity contribution in [1.29, 1.82) is 0 Å². The van der Waals surface area contributed by atoms with Crippen LogP contribution in [0.2, 0.25) is 0 Å². The maximum atomic E-state index is 11.2. The van der Waals surface area contributed by atoms with Crippen LogP contribution in [0.25, 0.3) is 5.82 Å². The first-order valence-electron chi connectivity index (χ1n) is 6.27. The van der Waals surface area contributed by atoms with Gasteiger partial charge in [-0.15, -0.1) is 0 Å². The van der Waals surface area contributed by atoms with E-state index in [0.29, 0.717) is 31.7 Å². The normalized spacial score (nSPS) is 10.4. The third-order valence-corrected chi connectivity index (χ3v) is 2.52. The van der Waals surface area contributed by atoms with Gasteiger partial charge in [0.2, 0.25) is 0 Å². The number of rotatable bonds is 6. The Hall–Kier alpha value is -2.24. The minimum atomic E-state index is -0.175. The van der Waals surface area contributed by atoms with Crippen molar-refractivity contribution < 1.29 is 9.53 Å². The molecule has 2 aromatic heterocycles. The molecule has 0 unspecified atom stereocenters. The van der Waals surface area contributed by atoms with Crippen LogP contribution in [-0.2, 0) is 16.0 Å². The van der Waals surface area contributed by atoms with Gasteiger partial charge in [0.15, 0.2) is 5.82 Å². The highest BCUT2D eigenvalue weighted by atomic mass is 16.5. The Morgan fingerprint density at radius 3 is 3.05 bits per heavy atom. The average molecular weight is 260 g/mol. The standard InChI is InChI=1S/C13H16N4O2/c1-2-19-13(18)6-3-5-11-14-9-7-12(16-11)17-10-4-8-15-17/h4,7-10H,2-3,5-6H2,1H3. The summed E-state index contributed by atoms with van der Waals surface area (Å²) in [6.45, 7) is 2.22. The molecule has 0 aliphatic rings. The number of carbonyl (C=O) groups is 1. The summed E-state index contributed by atoms with van der Waals surface area (Å²) in [5.41, 5.74) is 0. The highest BCUT2D eigenvalue weighted by molar-refractivity contribution is 5.69. The Morgan fingerprint density at radius 2 is 2.32 bits per heavy atom. The molecule has 0 saturated carbocycles. The van der Waals surface area contributed by atoms with Crippen molar-refractivity contribution in [2.75, 3.05) is 6.61 Å². The molecular formula is C13H16N4O2. The molecule has 0 bridgehead atoms. The highest BCUT2D eigenvalue weighted by Crippen LogP contribution is 2.05. The predicted octanol–water partition coefficient (Wildman–Crippen LogP) is 1.55. The van der Waals surface area contributed by atoms with Crippen LogP contribution < -0.4 is 0 Å². The van der Waals surface area contributed by atoms with Crippen molar-refractivity contribution in [2.24, 2.45) is 0 Å². The lowest BCUT2D eigenvalue weighted by Crippen LogP contribution is -2.06. The summed E-state index contributed by atoms with van der Waals surface area (Å²) >= 11 is 0. The first-order valence-corrected chi connectivity index (χ1v) is 6.27. The minimum absolute atomic E-state index is 0.175. The molecule has 2 heterocycles. The number of hydrogen-bond acceptors (Lipinski definition) is 5. The number of carbonyl (C=O) groups excluding carboxylic acids is 1. The van der Waals surface area contributed by atoms with E-state index in [1.54, 1.807) is 30.1 Å². The molecule has 2 rings (SSSR count). The SMILES string of the molecule is CCOC(=O)CCCc1nccc(-n2cccn2)n1. The lowest BCUT2D eigenvalue weighted by atomic mass is 10.2. The first-order chi connectivity index (χ1) is 9.29. The van der Waals surface area contributed by atoms with Crippen LogP contribution in [0, 0.1) is 0 Å². The zero-order chi connectivity index (χ0) is 13.5. The largest absolute Gasteiger partial charge is 0.466 e. The van der Waals surface area contributed by atoms with Gasteiger partial charge in [-0.1, -0.05) is 0 Å². The summed E-state index contributed by atoms with van der Waals surface area (Å²) in [6.07, 6.45) is 6.94. The van der Waals surface area contributed by atoms with Gasteiger partial charge in [-0.05, 0) is 19.4 Å². The van der Waals surface area contributed by atoms with E-state index in [9.17, 15) is 4.79 Å². The first kappa shape index (κ1) is 13.2. The van der Waals surface area contributed by atoms with Crippen LogP contribution in [0.3, 0.4) is 0 Å². The van der Waals surface area contributed by atoms with E-state index in [0.717, 1.165) is 5.82 Å². The van der Waals surface area contributed by atoms with Crippen molar-refractivity contribution in [1.82, 2.24) is 19.7 Å². The minimum Gasteiger partial charge on any atom is -0.466 e. The molecule has 0 fully saturated rings. The smallest absolute Gasteiger partial charge is 0.305 e. The van der Waals surface area contributed by atoms with Crippen molar-refractivity contribution in [3.8, 4) is 5.82 Å². The van der Waals surface area contributed by atoms with Crippen LogP contribution in [0.4, 0.5) is 0 Å². The third kappa shape index (κ3) is 3.87. The second-order valence-electron chi connectivity index (χ2n) is 3.94. The van der Waals surface area contributed by atoms with Gasteiger partial charge < -0.3 is 4.74 Å². The van der Waals surface area contributed by atoms with E-state index in [2.05, 4.69) is 15.1 Å². The fourth-order valence-electron chi connectivity index (χ4n) is 1.66. The fraction of sp³-hybridized carbons (Fsp3) is 0.385. The molecule has 6 heteroatoms. The van der Waals surface area contributed by atoms with Crippen molar-refractivity contribution >= 4 is 5.97 Å². The fourth-order valence-corrected chi connectivity index (χ4v) is 1.66. The summed E-state index contributed by atoms with van der Waals surface area (Å²) in [6, 6.07) is 3.63. The van der Waals surface area contributed by atoms with Crippen molar-refractivity contribution in [3.63, 3.8) is 0 Å². The monoisotopic (exact) mass is 260 g/mol. The quantitative estimate of drug-likeness (QED) is 0.737. The molecule has 19 heavy (non-hydrogen) atoms. The molecule has 0 aromatic carbocycles. The number of ether oxygens (including phenoxy) is 1. The van der Waals surface area contributed by atoms with E-state index in [1.165, 1.54) is 0 Å². The maximum Gasteiger partial charge on any atom is 0.305 e. The summed E-state index contributed by atoms with van der Waals surface area (Å²) in [5.74, 6) is 1.26. The highest BCUT2D eigenvalue weighted by Gasteiger charge is 2.05. The zero-order valence-corrected chi connectivity index (χ0v) is 10.8. The van der Waals surface area contributed by atoms with Crippen LogP contribution in [-0.4, -0.2) is 32.3 Å². The lowest BCUT2D eigenvalue weighted by Gasteiger charge is -2.04. The molecule has 0 atom stereocenters. The number of aryl methyl sites for hydroxylation is 1. The van der Waals surface area contributed by atoms with E-state index in [-0.39, 0.29) is 5.97 Å². The molecule has 0 radical (unpaired) electrons. The van der Waals surface area contributed by atoms with Gasteiger partial charge in [-0.25, -0.2) is 14.6 Å². The molecule has 6 nitrogen and oxygen atoms in total. The Balaban J connectivity index is 1.91. The van der Waals surface area contributed by atoms with E-state index in [4.69, 9.17) is 4.74 Å². The molecule has 0 saturated heterocycles. The summed E-state index contributed by atoms with van der Waals surface area (Å²) < 4.78 is 6.55. The van der Waals surface area contributed by atoms with Crippen molar-refractivity contribution in [3.05, 3.63) is 36.5 Å². The molecular weight excluding hydrogens is 244 g/mol. The Bertz CT molecular complexity index is 525. The van der Waals surface area contributed by atoms with Gasteiger partial charge in [0.25, 0.3) is 0 Å². The van der Waals surface area contributed by atoms with Crippen LogP contribution in [0.5, 0.6) is 0 Å². The number of esters is 1. The van der Waals surface area contributed by atoms with Crippen LogP contribution in [0.15, 0.2) is 30.7 Å². The maximum absolute atomic E-state index is 11.2. The van der Waals surface area contributed by atoms with Gasteiger partial charge >= 0.3 is 5.97 Å². The van der Waals surface area contributed by atoms with E-state index >= 15 is 0 Å². The van der Waals surface area contributed by atoms with Crippen molar-refractivity contribution in [2.45, 2.75) is 26.2 Å². The molecule has 2 aromatic rings. The molecule has 0 amide bonds. The van der Waals surface area contributed by atoms with Gasteiger partial charge in [-0.2, -0.15) is 5.10 Å². The Morgan fingerprint density at radius 1 is 1.42 bits per heavy atom. The van der Waals surface area contributed by atoms with Crippen LogP contribution >= 0.6 is 0 Å². The second kappa shape index (κ2) is 6.63. The predicted molar refractivity (Wildman–Crippen MR) is 68.7 cm³/mol. The second-order valence-corrected chi connectivity index (χ2v) is 3.94. The van der Waals surface area contributed by atoms with Gasteiger partial charge in [0.05, 0.1) is 6.61 Å². The number of nitrogens with zero attached hydrogens (tertiary/aromatic N) is 4. The molecule has 0 spiro atoms. The molecule has 0 aliphatic carbocycles. The Labute approximate surface area is 111 Å². The number of hydrogen-bond donors (Lipinski definition) is 0. The summed E-state index contributed by atoms with van der Waals surface area (Å²) in [5, 5.41) is 4.11. The summed E-state index contributed by atoms with van der Waals surface area (Å²) in [7, 11) is 0. The lowest BCUT2D eigenvalue weighted by molar-refractivity contribution is -0.143. The molecule has 0 N–H and O–H groups in total. The molecule has 100 valence electrons. The van der Waals surface area contributed by atoms with E-state index in [1.807, 2.05) is 12.3 Å². The zero-order valence-electron chi connectivity index (χ0n) is 10.8. The number of aromatic nitrogens is 4. The Kier molecular flexibility index (Phi) is 4.60. The van der Waals surface area contributed by atoms with E-state index < -0.39 is 0 Å². The van der Waals surface area contributed by atoms with Crippen LogP contribution in [0.1, 0.15) is 25.6 Å². The summed E-state index contributed by atoms with van der Waals surface area (Å²) in [4.78, 5) is 19.8. The van der Waals surface area contributed by atoms with Gasteiger partial charge in [0, 0.05) is 37.5 Å². The van der Waals surface area contributed by atoms with Gasteiger partial charge in [-0.3, -0.25) is 4.79 Å². The topological polar surface area (TPSA) is 69.9 Å². The molecule has 0 aliphatic heterocycles. The third-order valence-electron chi connectivity index (χ3n) is 2.52. The average Bonchev–Trinajstić information content (AvgIpc) is 2.93.